The summed E-state index contributed by atoms with van der Waals surface area (Å²) in [5.41, 5.74) is 17.8. The van der Waals surface area contributed by atoms with Crippen LogP contribution in [-0.2, 0) is 43.1 Å². The summed E-state index contributed by atoms with van der Waals surface area (Å²) in [6, 6.07) is -8.14. The number of aliphatic carboxylic acids is 2. The molecule has 0 aromatic carbocycles. The van der Waals surface area contributed by atoms with Gasteiger partial charge in [-0.2, -0.15) is 11.8 Å². The molecule has 0 spiro atoms. The first-order valence-electron chi connectivity index (χ1n) is 19.3. The van der Waals surface area contributed by atoms with Crippen LogP contribution < -0.4 is 43.8 Å². The summed E-state index contributed by atoms with van der Waals surface area (Å²) in [5.74, 6) is -7.95. The summed E-state index contributed by atoms with van der Waals surface area (Å²) >= 11 is 1.46. The van der Waals surface area contributed by atoms with E-state index in [9.17, 15) is 43.5 Å². The molecular weight excluding hydrogens is 765 g/mol. The van der Waals surface area contributed by atoms with Crippen LogP contribution in [0.1, 0.15) is 93.9 Å². The highest BCUT2D eigenvalue weighted by Gasteiger charge is 2.35. The Kier molecular flexibility index (Phi) is 24.9. The fourth-order valence-electron chi connectivity index (χ4n) is 5.60. The zero-order chi connectivity index (χ0) is 44.2. The largest absolute Gasteiger partial charge is 0.481 e. The average molecular weight is 833 g/mol. The molecule has 0 aliphatic carbocycles. The van der Waals surface area contributed by atoms with Crippen molar-refractivity contribution < 1.29 is 53.3 Å². The molecule has 5 amide bonds. The van der Waals surface area contributed by atoms with Crippen LogP contribution in [0, 0.1) is 23.7 Å². The first-order chi connectivity index (χ1) is 26.4. The van der Waals surface area contributed by atoms with Crippen molar-refractivity contribution in [3.8, 4) is 0 Å². The van der Waals surface area contributed by atoms with E-state index in [4.69, 9.17) is 27.0 Å². The van der Waals surface area contributed by atoms with Gasteiger partial charge in [0.2, 0.25) is 29.5 Å². The van der Waals surface area contributed by atoms with Gasteiger partial charge >= 0.3 is 17.9 Å². The van der Waals surface area contributed by atoms with Gasteiger partial charge in [-0.15, -0.1) is 0 Å². The number of carboxylic acid groups (broad SMARTS) is 2. The second kappa shape index (κ2) is 26.8. The van der Waals surface area contributed by atoms with E-state index >= 15 is 0 Å². The third kappa shape index (κ3) is 20.8. The predicted octanol–water partition coefficient (Wildman–Crippen LogP) is -0.568. The molecule has 0 radical (unpaired) electrons. The minimum atomic E-state index is -1.57. The zero-order valence-corrected chi connectivity index (χ0v) is 35.6. The van der Waals surface area contributed by atoms with E-state index in [0.717, 1.165) is 0 Å². The van der Waals surface area contributed by atoms with Crippen LogP contribution in [0.5, 0.6) is 0 Å². The highest BCUT2D eigenvalue weighted by Crippen LogP contribution is 2.14. The number of hydrogen-bond acceptors (Lipinski definition) is 13. The zero-order valence-electron chi connectivity index (χ0n) is 34.8. The topological polar surface area (TPSA) is 324 Å². The molecule has 19 nitrogen and oxygen atoms in total. The molecule has 0 aliphatic rings. The maximum atomic E-state index is 13.9. The number of nitrogens with two attached hydrogens (primary N) is 3. The molecule has 13 N–H and O–H groups in total. The molecule has 0 aromatic rings. The number of carbonyl (C=O) groups excluding carboxylic acids is 6. The molecule has 0 heterocycles. The summed E-state index contributed by atoms with van der Waals surface area (Å²) in [5, 5.41) is 31.8. The fraction of sp³-hybridized carbons (Fsp3) is 0.784. The number of carboxylic acids is 2. The molecule has 0 unspecified atom stereocenters. The standard InChI is InChI=1S/C37H68N8O11S/c1-10-21(8)30(39)35(53)44-26(16-29(48)49)37(55)56-27(22(38)13-18(2)3)17-41-23(11-12-57-9)33(51)45-31(20(6)7)36(54)43-25(14-19(4)5)34(52)42-24(32(40)50)15-28(46)47/h18-27,30-31,41H,10-17,38-39H2,1-9H3,(H2,40,50)(H,42,52)(H,43,54)(H,44,53)(H,45,51)(H,46,47)(H,48,49)/t21-,22-,23-,24-,25-,26-,27-,30-,31-/m0/s1. The minimum absolute atomic E-state index is 0.0607. The molecule has 328 valence electrons. The van der Waals surface area contributed by atoms with E-state index in [1.54, 1.807) is 34.6 Å². The van der Waals surface area contributed by atoms with Crippen LogP contribution in [0.25, 0.3) is 0 Å². The Labute approximate surface area is 340 Å². The van der Waals surface area contributed by atoms with Gasteiger partial charge in [-0.3, -0.25) is 33.6 Å². The highest BCUT2D eigenvalue weighted by atomic mass is 32.2. The average Bonchev–Trinajstić information content (AvgIpc) is 3.10. The summed E-state index contributed by atoms with van der Waals surface area (Å²) in [6.45, 7) is 14.2. The van der Waals surface area contributed by atoms with E-state index in [1.807, 2.05) is 27.0 Å². The predicted molar refractivity (Wildman–Crippen MR) is 215 cm³/mol. The molecule has 20 heteroatoms. The van der Waals surface area contributed by atoms with Gasteiger partial charge in [0.25, 0.3) is 0 Å². The Morgan fingerprint density at radius 3 is 1.67 bits per heavy atom. The van der Waals surface area contributed by atoms with Gasteiger partial charge in [0.15, 0.2) is 0 Å². The number of esters is 1. The number of ether oxygens (including phenoxy) is 1. The van der Waals surface area contributed by atoms with Gasteiger partial charge in [0.05, 0.1) is 24.9 Å². The first kappa shape index (κ1) is 53.0. The lowest BCUT2D eigenvalue weighted by Crippen LogP contribution is -2.60. The second-order valence-electron chi connectivity index (χ2n) is 15.6. The smallest absolute Gasteiger partial charge is 0.329 e. The molecular formula is C37H68N8O11S. The normalized spacial score (nSPS) is 16.2. The van der Waals surface area contributed by atoms with Gasteiger partial charge in [-0.1, -0.05) is 61.8 Å². The number of thioether (sulfide) groups is 1. The van der Waals surface area contributed by atoms with E-state index in [1.165, 1.54) is 11.8 Å². The summed E-state index contributed by atoms with van der Waals surface area (Å²) < 4.78 is 5.75. The monoisotopic (exact) mass is 832 g/mol. The number of carbonyl (C=O) groups is 8. The quantitative estimate of drug-likeness (QED) is 0.0422. The Morgan fingerprint density at radius 1 is 0.684 bits per heavy atom. The van der Waals surface area contributed by atoms with Crippen molar-refractivity contribution >= 4 is 59.2 Å². The van der Waals surface area contributed by atoms with E-state index in [2.05, 4.69) is 26.6 Å². The molecule has 0 saturated carbocycles. The number of amides is 5. The second-order valence-corrected chi connectivity index (χ2v) is 16.5. The van der Waals surface area contributed by atoms with Gasteiger partial charge < -0.3 is 58.7 Å². The Hall–Kier alpha value is -4.01. The summed E-state index contributed by atoms with van der Waals surface area (Å²) in [6.07, 6.45) is 0.561. The summed E-state index contributed by atoms with van der Waals surface area (Å²) in [7, 11) is 0. The minimum Gasteiger partial charge on any atom is -0.481 e. The fourth-order valence-corrected chi connectivity index (χ4v) is 6.07. The van der Waals surface area contributed by atoms with E-state index in [-0.39, 0.29) is 37.1 Å². The van der Waals surface area contributed by atoms with Crippen molar-refractivity contribution in [2.75, 3.05) is 18.6 Å². The third-order valence-corrected chi connectivity index (χ3v) is 9.79. The Morgan fingerprint density at radius 2 is 1.19 bits per heavy atom. The van der Waals surface area contributed by atoms with Crippen molar-refractivity contribution in [1.82, 2.24) is 26.6 Å². The molecule has 0 rings (SSSR count). The van der Waals surface area contributed by atoms with E-state index < -0.39 is 115 Å². The molecule has 0 saturated heterocycles. The van der Waals surface area contributed by atoms with Crippen LogP contribution >= 0.6 is 11.8 Å². The van der Waals surface area contributed by atoms with Crippen molar-refractivity contribution in [3.63, 3.8) is 0 Å². The van der Waals surface area contributed by atoms with Crippen molar-refractivity contribution in [2.45, 2.75) is 142 Å². The van der Waals surface area contributed by atoms with Gasteiger partial charge in [0, 0.05) is 12.6 Å². The highest BCUT2D eigenvalue weighted by molar-refractivity contribution is 7.98. The van der Waals surface area contributed by atoms with Crippen LogP contribution in [-0.4, -0.2) is 125 Å². The van der Waals surface area contributed by atoms with Gasteiger partial charge in [0.1, 0.15) is 30.3 Å². The first-order valence-corrected chi connectivity index (χ1v) is 20.7. The molecule has 9 atom stereocenters. The SMILES string of the molecule is CC[C@H](C)[C@H](N)C(=O)N[C@@H](CC(=O)O)C(=O)O[C@@H](CN[C@@H](CCSC)C(=O)N[C@H](C(=O)N[C@@H](CC(C)C)C(=O)N[C@@H](CC(=O)O)C(N)=O)C(C)C)[C@@H](N)CC(C)C. The number of hydrogen-bond donors (Lipinski definition) is 10. The molecule has 57 heavy (non-hydrogen) atoms. The van der Waals surface area contributed by atoms with Crippen LogP contribution in [0.3, 0.4) is 0 Å². The van der Waals surface area contributed by atoms with E-state index in [0.29, 0.717) is 18.6 Å². The maximum Gasteiger partial charge on any atom is 0.329 e. The molecule has 0 aromatic heterocycles. The van der Waals surface area contributed by atoms with Gasteiger partial charge in [-0.25, -0.2) is 4.79 Å². The molecule has 0 bridgehead atoms. The van der Waals surface area contributed by atoms with Crippen LogP contribution in [0.4, 0.5) is 0 Å². The lowest BCUT2D eigenvalue weighted by molar-refractivity contribution is -0.157. The van der Waals surface area contributed by atoms with Crippen LogP contribution in [0.15, 0.2) is 0 Å². The lowest BCUT2D eigenvalue weighted by Gasteiger charge is -2.31. The summed E-state index contributed by atoms with van der Waals surface area (Å²) in [4.78, 5) is 102. The number of nitrogens with one attached hydrogen (secondary N) is 5. The third-order valence-electron chi connectivity index (χ3n) is 9.15. The lowest BCUT2D eigenvalue weighted by atomic mass is 9.98. The van der Waals surface area contributed by atoms with Crippen LogP contribution in [0.2, 0.25) is 0 Å². The Bertz CT molecular complexity index is 1350. The van der Waals surface area contributed by atoms with Crippen molar-refractivity contribution in [3.05, 3.63) is 0 Å². The number of primary amides is 1. The van der Waals surface area contributed by atoms with Crippen molar-refractivity contribution in [1.29, 1.82) is 0 Å². The molecule has 0 aliphatic heterocycles. The number of rotatable bonds is 29. The van der Waals surface area contributed by atoms with Gasteiger partial charge in [-0.05, 0) is 54.9 Å². The molecule has 0 fully saturated rings. The maximum absolute atomic E-state index is 13.9. The van der Waals surface area contributed by atoms with Crippen molar-refractivity contribution in [2.24, 2.45) is 40.9 Å². The Balaban J connectivity index is 6.30.